The van der Waals surface area contributed by atoms with E-state index in [2.05, 4.69) is 10.4 Å². The molecule has 3 rings (SSSR count). The van der Waals surface area contributed by atoms with Crippen molar-refractivity contribution in [3.05, 3.63) is 0 Å². The third kappa shape index (κ3) is 0.863. The molecule has 2 N–H and O–H groups in total. The van der Waals surface area contributed by atoms with Gasteiger partial charge in [0.2, 0.25) is 5.91 Å². The van der Waals surface area contributed by atoms with Crippen LogP contribution in [0.3, 0.4) is 0 Å². The van der Waals surface area contributed by atoms with Gasteiger partial charge in [0.05, 0.1) is 17.9 Å². The smallest absolute Gasteiger partial charge is 0.259 e. The molecule has 3 aliphatic rings. The number of carbonyl (C=O) groups is 2. The molecule has 3 unspecified atom stereocenters. The second-order valence-corrected chi connectivity index (χ2v) is 5.73. The van der Waals surface area contributed by atoms with Crippen molar-refractivity contribution in [2.75, 3.05) is 0 Å². The SMILES string of the molecule is CC1=NN(C(C)C)C(=O)C12C1(C#N)C(=N)NC(=O)C12C#N. The Morgan fingerprint density at radius 1 is 1.29 bits per heavy atom. The first kappa shape index (κ1) is 13.3. The molecule has 0 bridgehead atoms. The highest BCUT2D eigenvalue weighted by Gasteiger charge is 3.03. The van der Waals surface area contributed by atoms with Crippen LogP contribution in [-0.2, 0) is 9.59 Å². The molecule has 1 saturated heterocycles. The number of hydrogen-bond acceptors (Lipinski definition) is 6. The Hall–Kier alpha value is -2.74. The number of nitriles is 2. The lowest BCUT2D eigenvalue weighted by Gasteiger charge is -2.21. The molecule has 106 valence electrons. The zero-order valence-electron chi connectivity index (χ0n) is 11.7. The van der Waals surface area contributed by atoms with Gasteiger partial charge in [-0.15, -0.1) is 0 Å². The van der Waals surface area contributed by atoms with E-state index in [0.717, 1.165) is 0 Å². The molecule has 0 radical (unpaired) electrons. The lowest BCUT2D eigenvalue weighted by molar-refractivity contribution is -0.137. The highest BCUT2D eigenvalue weighted by atomic mass is 16.2. The molecule has 2 heterocycles. The number of rotatable bonds is 1. The van der Waals surface area contributed by atoms with Crippen molar-refractivity contribution in [2.24, 2.45) is 21.3 Å². The van der Waals surface area contributed by atoms with Crippen LogP contribution in [0.25, 0.3) is 0 Å². The first-order chi connectivity index (χ1) is 9.79. The van der Waals surface area contributed by atoms with Gasteiger partial charge in [-0.25, -0.2) is 5.01 Å². The molecule has 1 spiro atoms. The molecule has 8 heteroatoms. The summed E-state index contributed by atoms with van der Waals surface area (Å²) in [5, 5.41) is 34.6. The van der Waals surface area contributed by atoms with E-state index in [0.29, 0.717) is 0 Å². The maximum absolute atomic E-state index is 12.8. The van der Waals surface area contributed by atoms with Crippen LogP contribution >= 0.6 is 0 Å². The van der Waals surface area contributed by atoms with Crippen molar-refractivity contribution in [2.45, 2.75) is 26.8 Å². The van der Waals surface area contributed by atoms with Crippen LogP contribution < -0.4 is 5.32 Å². The standard InChI is InChI=1S/C13H12N6O2/c1-6(2)19-10(21)13(7(3)18-19)11(4-14)8(16)17-9(20)12(11,13)5-15/h6H,1-3H3,(H2,16,17,20). The molecule has 21 heavy (non-hydrogen) atoms. The summed E-state index contributed by atoms with van der Waals surface area (Å²) in [6.45, 7) is 5.02. The summed E-state index contributed by atoms with van der Waals surface area (Å²) in [5.41, 5.74) is -5.10. The molecular weight excluding hydrogens is 272 g/mol. The van der Waals surface area contributed by atoms with Gasteiger partial charge in [0.1, 0.15) is 11.3 Å². The largest absolute Gasteiger partial charge is 0.312 e. The average Bonchev–Trinajstić information content (AvgIpc) is 2.81. The summed E-state index contributed by atoms with van der Waals surface area (Å²) in [5.74, 6) is -1.73. The Balaban J connectivity index is 2.32. The number of hydrogen-bond donors (Lipinski definition) is 2. The quantitative estimate of drug-likeness (QED) is 0.686. The number of nitrogens with one attached hydrogen (secondary N) is 2. The topological polar surface area (TPSA) is 133 Å². The van der Waals surface area contributed by atoms with Gasteiger partial charge >= 0.3 is 0 Å². The van der Waals surface area contributed by atoms with Crippen molar-refractivity contribution in [1.29, 1.82) is 15.9 Å². The molecule has 0 aromatic heterocycles. The van der Waals surface area contributed by atoms with Crippen molar-refractivity contribution < 1.29 is 9.59 Å². The van der Waals surface area contributed by atoms with Crippen LogP contribution in [0.1, 0.15) is 20.8 Å². The van der Waals surface area contributed by atoms with Crippen LogP contribution in [0, 0.1) is 44.3 Å². The van der Waals surface area contributed by atoms with Crippen molar-refractivity contribution in [3.8, 4) is 12.1 Å². The van der Waals surface area contributed by atoms with Crippen LogP contribution in [0.5, 0.6) is 0 Å². The van der Waals surface area contributed by atoms with Crippen LogP contribution in [-0.4, -0.2) is 34.4 Å². The fraction of sp³-hybridized carbons (Fsp3) is 0.538. The normalized spacial score (nSPS) is 40.0. The molecular formula is C13H12N6O2. The minimum absolute atomic E-state index is 0.240. The Labute approximate surface area is 120 Å². The Morgan fingerprint density at radius 2 is 1.86 bits per heavy atom. The minimum Gasteiger partial charge on any atom is -0.312 e. The van der Waals surface area contributed by atoms with E-state index in [-0.39, 0.29) is 11.8 Å². The van der Waals surface area contributed by atoms with Gasteiger partial charge in [0.15, 0.2) is 10.8 Å². The van der Waals surface area contributed by atoms with Crippen molar-refractivity contribution in [3.63, 3.8) is 0 Å². The Morgan fingerprint density at radius 3 is 2.24 bits per heavy atom. The summed E-state index contributed by atoms with van der Waals surface area (Å²) in [7, 11) is 0. The molecule has 1 aliphatic carbocycles. The van der Waals surface area contributed by atoms with Crippen LogP contribution in [0.2, 0.25) is 0 Å². The number of amides is 2. The van der Waals surface area contributed by atoms with Gasteiger partial charge < -0.3 is 5.32 Å². The predicted molar refractivity (Wildman–Crippen MR) is 69.5 cm³/mol. The van der Waals surface area contributed by atoms with Gasteiger partial charge in [0.25, 0.3) is 5.91 Å². The second-order valence-electron chi connectivity index (χ2n) is 5.73. The number of carbonyl (C=O) groups excluding carboxylic acids is 2. The summed E-state index contributed by atoms with van der Waals surface area (Å²) < 4.78 is 0. The first-order valence-corrected chi connectivity index (χ1v) is 6.42. The predicted octanol–water partition coefficient (Wildman–Crippen LogP) is -0.260. The number of piperidine rings is 1. The highest BCUT2D eigenvalue weighted by Crippen LogP contribution is 2.82. The minimum atomic E-state index is -1.89. The van der Waals surface area contributed by atoms with Crippen molar-refractivity contribution in [1.82, 2.24) is 10.3 Å². The highest BCUT2D eigenvalue weighted by molar-refractivity contribution is 6.35. The number of hydrazone groups is 1. The van der Waals surface area contributed by atoms with E-state index in [1.54, 1.807) is 13.8 Å². The van der Waals surface area contributed by atoms with Crippen LogP contribution in [0.4, 0.5) is 0 Å². The molecule has 2 fully saturated rings. The summed E-state index contributed by atoms with van der Waals surface area (Å²) in [6.07, 6.45) is 0. The summed E-state index contributed by atoms with van der Waals surface area (Å²) in [6, 6.07) is 3.45. The molecule has 1 saturated carbocycles. The van der Waals surface area contributed by atoms with Crippen LogP contribution in [0.15, 0.2) is 5.10 Å². The lowest BCUT2D eigenvalue weighted by atomic mass is 9.86. The third-order valence-electron chi connectivity index (χ3n) is 4.73. The monoisotopic (exact) mass is 284 g/mol. The van der Waals surface area contributed by atoms with E-state index >= 15 is 0 Å². The summed E-state index contributed by atoms with van der Waals surface area (Å²) in [4.78, 5) is 25.0. The maximum Gasteiger partial charge on any atom is 0.259 e. The van der Waals surface area contributed by atoms with Gasteiger partial charge in [-0.2, -0.15) is 15.6 Å². The first-order valence-electron chi connectivity index (χ1n) is 6.42. The third-order valence-corrected chi connectivity index (χ3v) is 4.73. The van der Waals surface area contributed by atoms with E-state index in [1.807, 2.05) is 12.1 Å². The number of amidine groups is 1. The lowest BCUT2D eigenvalue weighted by Crippen LogP contribution is -2.46. The molecule has 2 amide bonds. The Bertz CT molecular complexity index is 701. The fourth-order valence-corrected chi connectivity index (χ4v) is 3.84. The maximum atomic E-state index is 12.8. The van der Waals surface area contributed by atoms with E-state index < -0.39 is 33.9 Å². The average molecular weight is 284 g/mol. The zero-order chi connectivity index (χ0) is 15.8. The molecule has 8 nitrogen and oxygen atoms in total. The summed E-state index contributed by atoms with van der Waals surface area (Å²) >= 11 is 0. The van der Waals surface area contributed by atoms with E-state index in [4.69, 9.17) is 5.41 Å². The Kier molecular flexibility index (Phi) is 2.07. The van der Waals surface area contributed by atoms with Gasteiger partial charge in [-0.1, -0.05) is 0 Å². The molecule has 2 aliphatic heterocycles. The molecule has 0 aromatic rings. The molecule has 3 atom stereocenters. The van der Waals surface area contributed by atoms with Crippen molar-refractivity contribution >= 4 is 23.4 Å². The van der Waals surface area contributed by atoms with E-state index in [1.165, 1.54) is 11.9 Å². The zero-order valence-corrected chi connectivity index (χ0v) is 11.7. The van der Waals surface area contributed by atoms with E-state index in [9.17, 15) is 20.1 Å². The van der Waals surface area contributed by atoms with Gasteiger partial charge in [-0.3, -0.25) is 15.0 Å². The molecule has 0 aromatic carbocycles. The number of fused-ring (bicyclic) bond motifs is 3. The number of nitrogens with zero attached hydrogens (tertiary/aromatic N) is 4. The van der Waals surface area contributed by atoms with Gasteiger partial charge in [0, 0.05) is 6.04 Å². The second kappa shape index (κ2) is 3.29. The van der Waals surface area contributed by atoms with Gasteiger partial charge in [-0.05, 0) is 20.8 Å². The fourth-order valence-electron chi connectivity index (χ4n) is 3.84.